The molecule has 3 aromatic carbocycles. The number of amides is 2. The van der Waals surface area contributed by atoms with E-state index in [0.717, 1.165) is 12.8 Å². The van der Waals surface area contributed by atoms with E-state index in [-0.39, 0.29) is 58.8 Å². The van der Waals surface area contributed by atoms with Crippen LogP contribution in [0.15, 0.2) is 71.1 Å². The van der Waals surface area contributed by atoms with Crippen LogP contribution in [0.5, 0.6) is 23.0 Å². The lowest BCUT2D eigenvalue weighted by Gasteiger charge is -2.30. The van der Waals surface area contributed by atoms with Gasteiger partial charge in [-0.05, 0) is 61.7 Å². The van der Waals surface area contributed by atoms with E-state index in [1.54, 1.807) is 49.4 Å². The molecule has 2 amide bonds. The van der Waals surface area contributed by atoms with Gasteiger partial charge in [0, 0.05) is 22.6 Å². The summed E-state index contributed by atoms with van der Waals surface area (Å²) in [6.45, 7) is 1.08. The number of methoxy groups -OCH3 is 1. The molecule has 4 N–H and O–H groups in total. The quantitative estimate of drug-likeness (QED) is 0.194. The molecule has 14 heteroatoms. The summed E-state index contributed by atoms with van der Waals surface area (Å²) in [5.41, 5.74) is 4.73. The number of aliphatic hydroxyl groups is 1. The number of nitrogens with one attached hydrogen (secondary N) is 1. The molecule has 1 aliphatic carbocycles. The lowest BCUT2D eigenvalue weighted by molar-refractivity contribution is -0.286. The number of oxazole rings is 1. The van der Waals surface area contributed by atoms with Crippen molar-refractivity contribution in [1.29, 1.82) is 0 Å². The molecule has 50 heavy (non-hydrogen) atoms. The Labute approximate surface area is 283 Å². The van der Waals surface area contributed by atoms with Gasteiger partial charge in [0.2, 0.25) is 5.91 Å². The van der Waals surface area contributed by atoms with Crippen molar-refractivity contribution in [2.24, 2.45) is 5.73 Å². The normalized spacial score (nSPS) is 19.8. The molecular formula is C36H30F2N4O8. The van der Waals surface area contributed by atoms with Gasteiger partial charge in [0.25, 0.3) is 5.91 Å². The average molecular weight is 685 g/mol. The summed E-state index contributed by atoms with van der Waals surface area (Å²) in [4.78, 5) is 35.9. The van der Waals surface area contributed by atoms with Crippen molar-refractivity contribution in [2.75, 3.05) is 20.3 Å². The lowest BCUT2D eigenvalue weighted by atomic mass is 9.80. The zero-order valence-corrected chi connectivity index (χ0v) is 26.8. The number of fused-ring (bicyclic) bond motifs is 3. The average Bonchev–Trinajstić information content (AvgIpc) is 3.65. The van der Waals surface area contributed by atoms with E-state index in [2.05, 4.69) is 19.8 Å². The third-order valence-corrected chi connectivity index (χ3v) is 9.36. The first-order valence-electron chi connectivity index (χ1n) is 15.8. The van der Waals surface area contributed by atoms with E-state index in [9.17, 15) is 23.5 Å². The molecule has 0 saturated heterocycles. The summed E-state index contributed by atoms with van der Waals surface area (Å²) in [6, 6.07) is 17.2. The van der Waals surface area contributed by atoms with Crippen LogP contribution in [0.2, 0.25) is 0 Å². The number of hydrogen-bond acceptors (Lipinski definition) is 10. The number of nitrogens with two attached hydrogens (primary N) is 1. The molecule has 0 spiro atoms. The zero-order valence-electron chi connectivity index (χ0n) is 26.8. The first-order valence-corrected chi connectivity index (χ1v) is 15.8. The Hall–Kier alpha value is -5.76. The number of carbonyl (C=O) groups is 2. The molecule has 3 aliphatic rings. The molecule has 2 aromatic heterocycles. The topological polar surface area (TPSA) is 168 Å². The van der Waals surface area contributed by atoms with E-state index < -0.39 is 29.1 Å². The Morgan fingerprint density at radius 1 is 1.06 bits per heavy atom. The number of aromatic nitrogens is 2. The second-order valence-corrected chi connectivity index (χ2v) is 12.8. The van der Waals surface area contributed by atoms with Crippen molar-refractivity contribution in [3.05, 3.63) is 95.0 Å². The van der Waals surface area contributed by atoms with Gasteiger partial charge in [-0.1, -0.05) is 30.3 Å². The van der Waals surface area contributed by atoms with Crippen molar-refractivity contribution in [2.45, 2.75) is 43.0 Å². The molecule has 256 valence electrons. The molecule has 0 bridgehead atoms. The van der Waals surface area contributed by atoms with Crippen LogP contribution in [0.25, 0.3) is 22.4 Å². The molecule has 2 atom stereocenters. The summed E-state index contributed by atoms with van der Waals surface area (Å²) >= 11 is 0. The number of alkyl halides is 2. The second-order valence-electron chi connectivity index (χ2n) is 12.8. The van der Waals surface area contributed by atoms with Crippen molar-refractivity contribution in [3.63, 3.8) is 0 Å². The summed E-state index contributed by atoms with van der Waals surface area (Å²) in [5.74, 6) is -0.279. The Bertz CT molecular complexity index is 2210. The third kappa shape index (κ3) is 5.14. The van der Waals surface area contributed by atoms with Crippen molar-refractivity contribution >= 4 is 22.9 Å². The highest BCUT2D eigenvalue weighted by Crippen LogP contribution is 2.49. The van der Waals surface area contributed by atoms with E-state index >= 15 is 0 Å². The minimum atomic E-state index is -3.85. The maximum absolute atomic E-state index is 13.9. The fourth-order valence-electron chi connectivity index (χ4n) is 6.26. The third-order valence-electron chi connectivity index (χ3n) is 9.36. The highest BCUT2D eigenvalue weighted by atomic mass is 19.3. The predicted octanol–water partition coefficient (Wildman–Crippen LogP) is 4.90. The number of rotatable bonds is 9. The van der Waals surface area contributed by atoms with Crippen LogP contribution < -0.4 is 30.0 Å². The second kappa shape index (κ2) is 11.1. The predicted molar refractivity (Wildman–Crippen MR) is 172 cm³/mol. The van der Waals surface area contributed by atoms with Gasteiger partial charge in [0.05, 0.1) is 19.3 Å². The summed E-state index contributed by atoms with van der Waals surface area (Å²) < 4.78 is 54.5. The molecule has 5 aromatic rings. The molecule has 0 radical (unpaired) electrons. The van der Waals surface area contributed by atoms with Crippen LogP contribution in [-0.2, 0) is 15.8 Å². The SMILES string of the molecule is COc1cc(C(=O)NC[C@@](O)(c2ccccc2)c2cc3c(c(-c4ccc5c(c4)OC(F)(F)O5)n2)OC[C@]3(C)C(N)=O)cc2oc(C3CC3)nc12. The summed E-state index contributed by atoms with van der Waals surface area (Å²) in [5, 5.41) is 15.4. The maximum Gasteiger partial charge on any atom is 0.586 e. The van der Waals surface area contributed by atoms with Crippen molar-refractivity contribution in [1.82, 2.24) is 15.3 Å². The Morgan fingerprint density at radius 3 is 2.54 bits per heavy atom. The van der Waals surface area contributed by atoms with Gasteiger partial charge in [-0.2, -0.15) is 0 Å². The van der Waals surface area contributed by atoms with Crippen LogP contribution in [0.4, 0.5) is 8.78 Å². The van der Waals surface area contributed by atoms with Crippen molar-refractivity contribution < 1.29 is 46.8 Å². The van der Waals surface area contributed by atoms with Crippen LogP contribution in [0, 0.1) is 0 Å². The Morgan fingerprint density at radius 2 is 1.82 bits per heavy atom. The highest BCUT2D eigenvalue weighted by Gasteiger charge is 2.47. The van der Waals surface area contributed by atoms with Crippen LogP contribution >= 0.6 is 0 Å². The number of benzene rings is 3. The molecule has 1 fully saturated rings. The first kappa shape index (κ1) is 31.5. The number of halogens is 2. The van der Waals surface area contributed by atoms with Crippen LogP contribution in [0.3, 0.4) is 0 Å². The summed E-state index contributed by atoms with van der Waals surface area (Å²) in [6.07, 6.45) is -1.89. The smallest absolute Gasteiger partial charge is 0.494 e. The van der Waals surface area contributed by atoms with Crippen molar-refractivity contribution in [3.8, 4) is 34.3 Å². The molecule has 2 aliphatic heterocycles. The number of hydrogen-bond donors (Lipinski definition) is 3. The number of primary amides is 1. The zero-order chi connectivity index (χ0) is 35.0. The van der Waals surface area contributed by atoms with Gasteiger partial charge in [-0.25, -0.2) is 9.97 Å². The molecule has 1 saturated carbocycles. The highest BCUT2D eigenvalue weighted by molar-refractivity contribution is 5.99. The van der Waals surface area contributed by atoms with Gasteiger partial charge >= 0.3 is 6.29 Å². The number of ether oxygens (including phenoxy) is 4. The molecule has 8 rings (SSSR count). The maximum atomic E-state index is 13.9. The van der Waals surface area contributed by atoms with Gasteiger partial charge < -0.3 is 39.5 Å². The lowest BCUT2D eigenvalue weighted by Crippen LogP contribution is -2.43. The molecule has 12 nitrogen and oxygen atoms in total. The minimum absolute atomic E-state index is 0.0241. The molecular weight excluding hydrogens is 654 g/mol. The van der Waals surface area contributed by atoms with Gasteiger partial charge in [-0.3, -0.25) is 9.59 Å². The van der Waals surface area contributed by atoms with Crippen LogP contribution in [-0.4, -0.2) is 53.4 Å². The largest absolute Gasteiger partial charge is 0.586 e. The number of pyridine rings is 1. The van der Waals surface area contributed by atoms with E-state index in [1.165, 1.54) is 31.4 Å². The van der Waals surface area contributed by atoms with Crippen LogP contribution in [0.1, 0.15) is 58.8 Å². The standard InChI is InChI=1S/C36H30F2N4O8/c1-34(33(39)44)17-47-30-22(34)15-27(41-28(30)19-10-11-23-24(12-19)50-36(37,38)49-23)35(45,21-6-4-3-5-7-21)16-40-31(43)20-13-25(46-2)29-26(14-20)48-32(42-29)18-8-9-18/h3-7,10-15,18,45H,8-9,16-17H2,1-2H3,(H2,39,44)(H,40,43)/t34-,35+/m0/s1. The fraction of sp³-hybridized carbons (Fsp3) is 0.278. The van der Waals surface area contributed by atoms with Gasteiger partial charge in [0.1, 0.15) is 34.8 Å². The van der Waals surface area contributed by atoms with E-state index in [4.69, 9.17) is 24.6 Å². The summed E-state index contributed by atoms with van der Waals surface area (Å²) in [7, 11) is 1.47. The first-order chi connectivity index (χ1) is 23.9. The Balaban J connectivity index is 1.22. The fourth-order valence-corrected chi connectivity index (χ4v) is 6.26. The number of carbonyl (C=O) groups excluding carboxylic acids is 2. The number of nitrogens with zero attached hydrogens (tertiary/aromatic N) is 2. The Kier molecular flexibility index (Phi) is 7.02. The minimum Gasteiger partial charge on any atom is -0.494 e. The van der Waals surface area contributed by atoms with Gasteiger partial charge in [0.15, 0.2) is 28.5 Å². The molecule has 0 unspecified atom stereocenters. The molecule has 4 heterocycles. The van der Waals surface area contributed by atoms with E-state index in [0.29, 0.717) is 33.9 Å². The van der Waals surface area contributed by atoms with Gasteiger partial charge in [-0.15, -0.1) is 8.78 Å². The van der Waals surface area contributed by atoms with E-state index in [1.807, 2.05) is 0 Å². The monoisotopic (exact) mass is 684 g/mol.